The van der Waals surface area contributed by atoms with Crippen molar-refractivity contribution >= 4 is 24.3 Å². The zero-order valence-corrected chi connectivity index (χ0v) is 21.5. The van der Waals surface area contributed by atoms with Gasteiger partial charge >= 0.3 is 6.18 Å². The summed E-state index contributed by atoms with van der Waals surface area (Å²) in [6.45, 7) is 6.38. The Morgan fingerprint density at radius 2 is 1.81 bits per heavy atom. The molecule has 5 fully saturated rings. The Morgan fingerprint density at radius 3 is 2.49 bits per heavy atom. The molecule has 0 amide bonds. The van der Waals surface area contributed by atoms with Crippen molar-refractivity contribution in [3.05, 3.63) is 41.2 Å². The smallest absolute Gasteiger partial charge is 0.373 e. The minimum absolute atomic E-state index is 0.0322. The first-order valence-corrected chi connectivity index (χ1v) is 13.3. The predicted molar refractivity (Wildman–Crippen MR) is 134 cm³/mol. The molecule has 4 heterocycles. The SMILES string of the molecule is CC.[B]c1cc2c(C34CC(C(F)(F)F)(C3)C4)nc(C3CCOC(c4cnn(C5CC5)c4)C3)nc2nc1C. The van der Waals surface area contributed by atoms with Gasteiger partial charge in [-0.25, -0.2) is 15.0 Å². The average Bonchev–Trinajstić information content (AvgIpc) is 3.55. The maximum absolute atomic E-state index is 13.6. The molecule has 2 atom stereocenters. The average molecular weight is 509 g/mol. The lowest BCUT2D eigenvalue weighted by Crippen LogP contribution is -2.70. The van der Waals surface area contributed by atoms with Crippen LogP contribution in [0.1, 0.15) is 99.6 Å². The maximum atomic E-state index is 13.6. The highest BCUT2D eigenvalue weighted by Crippen LogP contribution is 2.78. The summed E-state index contributed by atoms with van der Waals surface area (Å²) in [5.41, 5.74) is 1.31. The summed E-state index contributed by atoms with van der Waals surface area (Å²) in [4.78, 5) is 14.4. The predicted octanol–water partition coefficient (Wildman–Crippen LogP) is 5.30. The van der Waals surface area contributed by atoms with Gasteiger partial charge in [0, 0.05) is 40.8 Å². The first-order chi connectivity index (χ1) is 17.7. The molecule has 0 aromatic carbocycles. The normalized spacial score (nSPS) is 30.8. The minimum Gasteiger partial charge on any atom is -0.373 e. The van der Waals surface area contributed by atoms with Crippen LogP contribution in [-0.2, 0) is 10.2 Å². The van der Waals surface area contributed by atoms with E-state index in [2.05, 4.69) is 16.3 Å². The Hall–Kier alpha value is -2.49. The third-order valence-electron chi connectivity index (χ3n) is 8.63. The first-order valence-electron chi connectivity index (χ1n) is 13.3. The van der Waals surface area contributed by atoms with E-state index in [1.165, 1.54) is 0 Å². The second-order valence-electron chi connectivity index (χ2n) is 11.1. The van der Waals surface area contributed by atoms with Crippen LogP contribution < -0.4 is 5.46 Å². The number of aryl methyl sites for hydroxylation is 1. The van der Waals surface area contributed by atoms with Crippen LogP contribution in [0.2, 0.25) is 0 Å². The maximum Gasteiger partial charge on any atom is 0.394 e. The number of halogens is 3. The van der Waals surface area contributed by atoms with E-state index in [9.17, 15) is 13.2 Å². The fourth-order valence-electron chi connectivity index (χ4n) is 6.42. The van der Waals surface area contributed by atoms with Gasteiger partial charge in [-0.3, -0.25) is 4.68 Å². The molecule has 4 saturated carbocycles. The number of nitrogens with zero attached hydrogens (tertiary/aromatic N) is 5. The van der Waals surface area contributed by atoms with Gasteiger partial charge in [0.1, 0.15) is 13.7 Å². The van der Waals surface area contributed by atoms with Crippen molar-refractivity contribution in [3.63, 3.8) is 0 Å². The fourth-order valence-corrected chi connectivity index (χ4v) is 6.42. The molecule has 6 nitrogen and oxygen atoms in total. The monoisotopic (exact) mass is 509 g/mol. The van der Waals surface area contributed by atoms with E-state index in [-0.39, 0.29) is 31.3 Å². The van der Waals surface area contributed by atoms with E-state index in [0.717, 1.165) is 24.8 Å². The molecule has 10 heteroatoms. The van der Waals surface area contributed by atoms with Gasteiger partial charge in [-0.05, 0) is 51.9 Å². The second-order valence-corrected chi connectivity index (χ2v) is 11.1. The Balaban J connectivity index is 0.00000123. The van der Waals surface area contributed by atoms with Gasteiger partial charge in [-0.1, -0.05) is 25.4 Å². The molecule has 5 aliphatic rings. The molecule has 1 aliphatic heterocycles. The molecule has 8 rings (SSSR count). The summed E-state index contributed by atoms with van der Waals surface area (Å²) in [6.07, 6.45) is 3.71. The van der Waals surface area contributed by atoms with Crippen LogP contribution in [0.3, 0.4) is 0 Å². The van der Waals surface area contributed by atoms with E-state index >= 15 is 0 Å². The summed E-state index contributed by atoms with van der Waals surface area (Å²) in [5.74, 6) is 0.683. The lowest BCUT2D eigenvalue weighted by molar-refractivity contribution is -0.337. The highest BCUT2D eigenvalue weighted by molar-refractivity contribution is 6.33. The van der Waals surface area contributed by atoms with E-state index in [4.69, 9.17) is 22.6 Å². The van der Waals surface area contributed by atoms with Crippen LogP contribution in [0.15, 0.2) is 18.5 Å². The van der Waals surface area contributed by atoms with E-state index < -0.39 is 17.0 Å². The van der Waals surface area contributed by atoms with Crippen molar-refractivity contribution < 1.29 is 17.9 Å². The second kappa shape index (κ2) is 8.51. The van der Waals surface area contributed by atoms with Crippen LogP contribution in [0.5, 0.6) is 0 Å². The highest BCUT2D eigenvalue weighted by atomic mass is 19.4. The van der Waals surface area contributed by atoms with Crippen molar-refractivity contribution in [3.8, 4) is 0 Å². The van der Waals surface area contributed by atoms with Crippen molar-refractivity contribution in [1.82, 2.24) is 24.7 Å². The number of alkyl halides is 3. The van der Waals surface area contributed by atoms with Gasteiger partial charge in [-0.2, -0.15) is 18.3 Å². The van der Waals surface area contributed by atoms with Gasteiger partial charge in [0.2, 0.25) is 0 Å². The molecule has 2 unspecified atom stereocenters. The lowest BCUT2D eigenvalue weighted by Gasteiger charge is -2.70. The summed E-state index contributed by atoms with van der Waals surface area (Å²) in [6, 6.07) is 2.29. The number of rotatable bonds is 4. The summed E-state index contributed by atoms with van der Waals surface area (Å²) >= 11 is 0. The molecule has 0 N–H and O–H groups in total. The zero-order valence-electron chi connectivity index (χ0n) is 21.5. The van der Waals surface area contributed by atoms with Gasteiger partial charge < -0.3 is 4.74 Å². The molecule has 4 aliphatic carbocycles. The van der Waals surface area contributed by atoms with Crippen LogP contribution in [0.25, 0.3) is 11.0 Å². The number of aromatic nitrogens is 5. The lowest BCUT2D eigenvalue weighted by atomic mass is 9.33. The Kier molecular flexibility index (Phi) is 5.71. The van der Waals surface area contributed by atoms with Gasteiger partial charge in [0.05, 0.1) is 29.5 Å². The molecule has 37 heavy (non-hydrogen) atoms. The number of hydrogen-bond donors (Lipinski definition) is 0. The summed E-state index contributed by atoms with van der Waals surface area (Å²) < 4.78 is 48.8. The molecule has 2 bridgehead atoms. The molecule has 3 aromatic heterocycles. The molecular formula is C27H31BF3N5O. The van der Waals surface area contributed by atoms with E-state index in [1.54, 1.807) is 6.07 Å². The molecule has 2 radical (unpaired) electrons. The third kappa shape index (κ3) is 3.89. The Morgan fingerprint density at radius 1 is 1.08 bits per heavy atom. The number of ether oxygens (including phenoxy) is 1. The van der Waals surface area contributed by atoms with Crippen molar-refractivity contribution in [2.24, 2.45) is 5.41 Å². The Labute approximate surface area is 215 Å². The van der Waals surface area contributed by atoms with Crippen molar-refractivity contribution in [2.75, 3.05) is 6.61 Å². The van der Waals surface area contributed by atoms with Gasteiger partial charge in [0.15, 0.2) is 5.65 Å². The Bertz CT molecular complexity index is 1330. The highest BCUT2D eigenvalue weighted by Gasteiger charge is 2.79. The zero-order chi connectivity index (χ0) is 26.2. The number of hydrogen-bond acceptors (Lipinski definition) is 5. The van der Waals surface area contributed by atoms with Gasteiger partial charge in [0.25, 0.3) is 0 Å². The molecular weight excluding hydrogens is 478 g/mol. The number of pyridine rings is 1. The molecule has 0 spiro atoms. The van der Waals surface area contributed by atoms with Crippen LogP contribution in [-0.4, -0.2) is 45.4 Å². The third-order valence-corrected chi connectivity index (χ3v) is 8.63. The molecule has 1 saturated heterocycles. The molecule has 3 aromatic rings. The quantitative estimate of drug-likeness (QED) is 0.447. The van der Waals surface area contributed by atoms with E-state index in [0.29, 0.717) is 52.8 Å². The van der Waals surface area contributed by atoms with Crippen LogP contribution in [0, 0.1) is 12.3 Å². The standard InChI is InChI=1S/C25H25BF3N5O.C2H6/c1-13-18(26)7-17-20(23-10-24(11-23,12-23)25(27,28)29)32-21(33-22(17)31-13)14-4-5-35-19(6-14)15-8-30-34(9-15)16-2-3-16;1-2/h7-9,14,16,19H,2-6,10-12H2,1H3;1-2H3. The minimum atomic E-state index is -4.17. The fraction of sp³-hybridized carbons (Fsp3) is 0.630. The van der Waals surface area contributed by atoms with E-state index in [1.807, 2.05) is 31.6 Å². The van der Waals surface area contributed by atoms with Gasteiger partial charge in [-0.15, -0.1) is 0 Å². The summed E-state index contributed by atoms with van der Waals surface area (Å²) in [5, 5.41) is 5.18. The van der Waals surface area contributed by atoms with Crippen LogP contribution >= 0.6 is 0 Å². The first kappa shape index (κ1) is 24.8. The van der Waals surface area contributed by atoms with Crippen molar-refractivity contribution in [2.45, 2.75) is 95.4 Å². The van der Waals surface area contributed by atoms with Crippen molar-refractivity contribution in [1.29, 1.82) is 0 Å². The number of fused-ring (bicyclic) bond motifs is 1. The largest absolute Gasteiger partial charge is 0.394 e. The van der Waals surface area contributed by atoms with Crippen LogP contribution in [0.4, 0.5) is 13.2 Å². The topological polar surface area (TPSA) is 65.7 Å². The summed E-state index contributed by atoms with van der Waals surface area (Å²) in [7, 11) is 6.13. The molecule has 194 valence electrons.